The molecule has 4 rings (SSSR count). The lowest BCUT2D eigenvalue weighted by molar-refractivity contribution is 0.0601. The Labute approximate surface area is 199 Å². The van der Waals surface area contributed by atoms with Gasteiger partial charge in [0.25, 0.3) is 11.8 Å². The second-order valence-corrected chi connectivity index (χ2v) is 9.57. The topological polar surface area (TPSA) is 110 Å². The summed E-state index contributed by atoms with van der Waals surface area (Å²) in [6.45, 7) is 0.0490. The molecule has 2 amide bonds. The Morgan fingerprint density at radius 1 is 0.971 bits per heavy atom. The lowest BCUT2D eigenvalue weighted by Gasteiger charge is -2.20. The van der Waals surface area contributed by atoms with E-state index in [9.17, 15) is 31.6 Å². The van der Waals surface area contributed by atoms with Crippen LogP contribution in [0.4, 0.5) is 14.5 Å². The molecule has 3 aromatic carbocycles. The molecule has 0 aromatic heterocycles. The number of amides is 2. The Bertz CT molecular complexity index is 1500. The van der Waals surface area contributed by atoms with Gasteiger partial charge >= 0.3 is 5.97 Å². The molecule has 1 aliphatic rings. The molecule has 35 heavy (non-hydrogen) atoms. The van der Waals surface area contributed by atoms with E-state index in [4.69, 9.17) is 4.74 Å². The molecule has 0 atom stereocenters. The molecule has 3 aromatic rings. The quantitative estimate of drug-likeness (QED) is 0.539. The molecule has 1 N–H and O–H groups in total. The molecule has 0 spiro atoms. The van der Waals surface area contributed by atoms with Crippen molar-refractivity contribution >= 4 is 33.5 Å². The van der Waals surface area contributed by atoms with Gasteiger partial charge in [0.2, 0.25) is 10.0 Å². The molecule has 0 saturated heterocycles. The summed E-state index contributed by atoms with van der Waals surface area (Å²) in [4.78, 5) is 39.2. The highest BCUT2D eigenvalue weighted by Gasteiger charge is 2.32. The van der Waals surface area contributed by atoms with Crippen molar-refractivity contribution in [1.82, 2.24) is 4.72 Å². The fourth-order valence-corrected chi connectivity index (χ4v) is 4.21. The van der Waals surface area contributed by atoms with Gasteiger partial charge in [-0.1, -0.05) is 18.2 Å². The first-order valence-electron chi connectivity index (χ1n) is 10.1. The number of benzene rings is 3. The van der Waals surface area contributed by atoms with Gasteiger partial charge < -0.3 is 9.64 Å². The number of nitrogens with zero attached hydrogens (tertiary/aromatic N) is 1. The van der Waals surface area contributed by atoms with Crippen molar-refractivity contribution in [2.45, 2.75) is 6.54 Å². The number of hydrogen-bond acceptors (Lipinski definition) is 6. The van der Waals surface area contributed by atoms with Gasteiger partial charge in [0.15, 0.2) is 11.6 Å². The Hall–Kier alpha value is -4.12. The Morgan fingerprint density at radius 3 is 2.31 bits per heavy atom. The molecule has 0 unspecified atom stereocenters. The molecule has 0 bridgehead atoms. The monoisotopic (exact) mass is 500 g/mol. The predicted molar refractivity (Wildman–Crippen MR) is 122 cm³/mol. The highest BCUT2D eigenvalue weighted by molar-refractivity contribution is 7.89. The zero-order valence-electron chi connectivity index (χ0n) is 18.5. The van der Waals surface area contributed by atoms with Crippen LogP contribution in [0.3, 0.4) is 0 Å². The van der Waals surface area contributed by atoms with Crippen molar-refractivity contribution in [3.8, 4) is 11.1 Å². The number of ether oxygens (including phenoxy) is 1. The summed E-state index contributed by atoms with van der Waals surface area (Å²) in [7, 11) is -2.62. The average Bonchev–Trinajstić information content (AvgIpc) is 3.14. The summed E-state index contributed by atoms with van der Waals surface area (Å²) in [6, 6.07) is 11.9. The minimum Gasteiger partial charge on any atom is -0.465 e. The summed E-state index contributed by atoms with van der Waals surface area (Å²) in [6.07, 6.45) is 0.833. The summed E-state index contributed by atoms with van der Waals surface area (Å²) < 4.78 is 56.6. The molecule has 0 radical (unpaired) electrons. The van der Waals surface area contributed by atoms with Crippen LogP contribution in [0.5, 0.6) is 0 Å². The van der Waals surface area contributed by atoms with E-state index in [1.165, 1.54) is 54.5 Å². The van der Waals surface area contributed by atoms with E-state index in [2.05, 4.69) is 0 Å². The fourth-order valence-electron chi connectivity index (χ4n) is 3.76. The van der Waals surface area contributed by atoms with Crippen LogP contribution in [-0.4, -0.2) is 39.6 Å². The Morgan fingerprint density at radius 2 is 1.66 bits per heavy atom. The number of halogens is 2. The molecule has 1 heterocycles. The number of methoxy groups -OCH3 is 1. The maximum absolute atomic E-state index is 13.8. The van der Waals surface area contributed by atoms with Gasteiger partial charge in [-0.3, -0.25) is 9.59 Å². The summed E-state index contributed by atoms with van der Waals surface area (Å²) in [5.74, 6) is -4.21. The third kappa shape index (κ3) is 4.76. The van der Waals surface area contributed by atoms with Crippen molar-refractivity contribution in [3.05, 3.63) is 88.5 Å². The first-order valence-corrected chi connectivity index (χ1v) is 12.0. The van der Waals surface area contributed by atoms with Crippen molar-refractivity contribution in [3.63, 3.8) is 0 Å². The Balaban J connectivity index is 1.76. The average molecular weight is 500 g/mol. The number of nitrogens with one attached hydrogen (secondary N) is 1. The maximum atomic E-state index is 13.8. The second-order valence-electron chi connectivity index (χ2n) is 7.82. The van der Waals surface area contributed by atoms with Gasteiger partial charge in [0.05, 0.1) is 31.2 Å². The lowest BCUT2D eigenvalue weighted by Crippen LogP contribution is -2.29. The van der Waals surface area contributed by atoms with Crippen LogP contribution in [0.1, 0.15) is 36.6 Å². The third-order valence-corrected chi connectivity index (χ3v) is 5.96. The Kier molecular flexibility index (Phi) is 6.12. The van der Waals surface area contributed by atoms with Gasteiger partial charge in [0.1, 0.15) is 0 Å². The first kappa shape index (κ1) is 24.0. The normalized spacial score (nSPS) is 12.9. The van der Waals surface area contributed by atoms with Crippen LogP contribution in [0.25, 0.3) is 11.1 Å². The number of carbonyl (C=O) groups is 3. The van der Waals surface area contributed by atoms with Crippen LogP contribution in [0.15, 0.2) is 54.6 Å². The van der Waals surface area contributed by atoms with Gasteiger partial charge in [-0.25, -0.2) is 26.7 Å². The number of rotatable bonds is 5. The summed E-state index contributed by atoms with van der Waals surface area (Å²) in [5.41, 5.74) is 1.64. The van der Waals surface area contributed by atoms with Crippen LogP contribution >= 0.6 is 0 Å². The van der Waals surface area contributed by atoms with Crippen molar-refractivity contribution in [2.75, 3.05) is 18.3 Å². The third-order valence-electron chi connectivity index (χ3n) is 5.40. The largest absolute Gasteiger partial charge is 0.465 e. The van der Waals surface area contributed by atoms with Crippen molar-refractivity contribution in [1.29, 1.82) is 0 Å². The van der Waals surface area contributed by atoms with Gasteiger partial charge in [0, 0.05) is 11.1 Å². The first-order chi connectivity index (χ1) is 16.5. The number of esters is 1. The molecular formula is C24H18F2N2O6S. The molecule has 180 valence electrons. The number of carbonyl (C=O) groups excluding carboxylic acids is 3. The smallest absolute Gasteiger partial charge is 0.339 e. The molecular weight excluding hydrogens is 482 g/mol. The van der Waals surface area contributed by atoms with E-state index in [-0.39, 0.29) is 28.9 Å². The van der Waals surface area contributed by atoms with E-state index >= 15 is 0 Å². The highest BCUT2D eigenvalue weighted by atomic mass is 32.2. The second kappa shape index (κ2) is 8.91. The highest BCUT2D eigenvalue weighted by Crippen LogP contribution is 2.35. The summed E-state index contributed by atoms with van der Waals surface area (Å²) in [5, 5.41) is 0. The van der Waals surface area contributed by atoms with E-state index in [0.29, 0.717) is 16.7 Å². The van der Waals surface area contributed by atoms with Gasteiger partial charge in [-0.05, 0) is 53.1 Å². The molecule has 8 nitrogen and oxygen atoms in total. The van der Waals surface area contributed by atoms with E-state index in [1.807, 2.05) is 4.72 Å². The van der Waals surface area contributed by atoms with E-state index in [1.54, 1.807) is 0 Å². The minimum atomic E-state index is -3.80. The standard InChI is InChI=1S/C24H18F2N2O6S/c1-34-24(31)17-7-5-14(13-6-8-19(25)20(26)10-13)11-21(17)28-12-16-4-3-15(9-18(16)23(28)30)22(29)27-35(2,32)33/h3-11H,12H2,1-2H3,(H,27,29). The van der Waals surface area contributed by atoms with Crippen LogP contribution < -0.4 is 9.62 Å². The molecule has 0 saturated carbocycles. The predicted octanol–water partition coefficient (Wildman–Crippen LogP) is 3.27. The van der Waals surface area contributed by atoms with E-state index < -0.39 is 39.4 Å². The molecule has 11 heteroatoms. The van der Waals surface area contributed by atoms with Gasteiger partial charge in [-0.15, -0.1) is 0 Å². The molecule has 0 fully saturated rings. The molecule has 1 aliphatic heterocycles. The SMILES string of the molecule is COC(=O)c1ccc(-c2ccc(F)c(F)c2)cc1N1Cc2ccc(C(=O)NS(C)(=O)=O)cc2C1=O. The lowest BCUT2D eigenvalue weighted by atomic mass is 10.0. The van der Waals surface area contributed by atoms with Crippen LogP contribution in [0, 0.1) is 11.6 Å². The fraction of sp³-hybridized carbons (Fsp3) is 0.125. The zero-order chi connectivity index (χ0) is 25.5. The number of fused-ring (bicyclic) bond motifs is 1. The molecule has 0 aliphatic carbocycles. The van der Waals surface area contributed by atoms with Crippen molar-refractivity contribution < 1.29 is 36.3 Å². The van der Waals surface area contributed by atoms with Crippen LogP contribution in [0.2, 0.25) is 0 Å². The van der Waals surface area contributed by atoms with Crippen LogP contribution in [-0.2, 0) is 21.3 Å². The minimum absolute atomic E-state index is 0.0342. The van der Waals surface area contributed by atoms with Gasteiger partial charge in [-0.2, -0.15) is 0 Å². The zero-order valence-corrected chi connectivity index (χ0v) is 19.3. The van der Waals surface area contributed by atoms with Crippen molar-refractivity contribution in [2.24, 2.45) is 0 Å². The summed E-state index contributed by atoms with van der Waals surface area (Å²) >= 11 is 0. The van der Waals surface area contributed by atoms with E-state index in [0.717, 1.165) is 18.4 Å². The number of sulfonamides is 1. The number of anilines is 1. The maximum Gasteiger partial charge on any atom is 0.339 e. The number of hydrogen-bond donors (Lipinski definition) is 1.